The molecular weight excluding hydrogens is 460 g/mol. The van der Waals surface area contributed by atoms with E-state index in [-0.39, 0.29) is 23.9 Å². The zero-order valence-electron chi connectivity index (χ0n) is 21.1. The number of nitrogens with zero attached hydrogens (tertiary/aromatic N) is 2. The normalized spacial score (nSPS) is 22.5. The van der Waals surface area contributed by atoms with Crippen molar-refractivity contribution in [2.45, 2.75) is 76.7 Å². The summed E-state index contributed by atoms with van der Waals surface area (Å²) in [6.45, 7) is 6.43. The highest BCUT2D eigenvalue weighted by Crippen LogP contribution is 2.23. The van der Waals surface area contributed by atoms with Crippen molar-refractivity contribution in [1.82, 2.24) is 42.3 Å². The summed E-state index contributed by atoms with van der Waals surface area (Å²) < 4.78 is 5.39. The minimum absolute atomic E-state index is 0.0403. The number of hydrogen-bond donors (Lipinski definition) is 6. The fraction of sp³-hybridized carbons (Fsp3) is 0.600. The Morgan fingerprint density at radius 3 is 2.92 bits per heavy atom. The number of rotatable bonds is 12. The number of nitrogens with one attached hydrogen (secondary N) is 6. The van der Waals surface area contributed by atoms with Gasteiger partial charge in [-0.05, 0) is 50.8 Å². The fourth-order valence-corrected chi connectivity index (χ4v) is 4.49. The summed E-state index contributed by atoms with van der Waals surface area (Å²) in [7, 11) is 0. The Labute approximate surface area is 211 Å². The van der Waals surface area contributed by atoms with Gasteiger partial charge in [-0.25, -0.2) is 5.43 Å². The maximum Gasteiger partial charge on any atom is 0.265 e. The molecule has 1 saturated heterocycles. The number of hydrazine groups is 1. The van der Waals surface area contributed by atoms with Crippen LogP contribution >= 0.6 is 0 Å². The van der Waals surface area contributed by atoms with Crippen LogP contribution in [0.3, 0.4) is 0 Å². The molecule has 4 atom stereocenters. The van der Waals surface area contributed by atoms with E-state index in [0.29, 0.717) is 49.6 Å². The molecule has 2 aliphatic rings. The van der Waals surface area contributed by atoms with Crippen molar-refractivity contribution in [2.24, 2.45) is 0 Å². The van der Waals surface area contributed by atoms with Gasteiger partial charge >= 0.3 is 0 Å². The Hall–Kier alpha value is -2.86. The van der Waals surface area contributed by atoms with Gasteiger partial charge in [0.2, 0.25) is 11.8 Å². The molecule has 0 saturated carbocycles. The highest BCUT2D eigenvalue weighted by molar-refractivity contribution is 5.96. The van der Waals surface area contributed by atoms with Gasteiger partial charge in [0.05, 0.1) is 6.17 Å². The average Bonchev–Trinajstić information content (AvgIpc) is 3.38. The number of hydrogen-bond acceptors (Lipinski definition) is 9. The van der Waals surface area contributed by atoms with Crippen LogP contribution in [0.2, 0.25) is 0 Å². The van der Waals surface area contributed by atoms with Crippen LogP contribution in [0.25, 0.3) is 0 Å². The maximum absolute atomic E-state index is 12.2. The predicted octanol–water partition coefficient (Wildman–Crippen LogP) is 1.23. The summed E-state index contributed by atoms with van der Waals surface area (Å²) in [6, 6.07) is 7.99. The van der Waals surface area contributed by atoms with Crippen LogP contribution in [0.5, 0.6) is 0 Å². The summed E-state index contributed by atoms with van der Waals surface area (Å²) in [4.78, 5) is 28.7. The number of carbonyl (C=O) groups is 2. The van der Waals surface area contributed by atoms with Crippen LogP contribution in [-0.2, 0) is 11.2 Å². The van der Waals surface area contributed by atoms with Gasteiger partial charge in [0, 0.05) is 43.5 Å². The van der Waals surface area contributed by atoms with Gasteiger partial charge in [-0.3, -0.25) is 25.6 Å². The number of amides is 2. The summed E-state index contributed by atoms with van der Waals surface area (Å²) >= 11 is 0. The molecule has 0 spiro atoms. The molecule has 1 aromatic heterocycles. The van der Waals surface area contributed by atoms with Crippen LogP contribution in [0, 0.1) is 0 Å². The Morgan fingerprint density at radius 1 is 1.25 bits per heavy atom. The van der Waals surface area contributed by atoms with Gasteiger partial charge in [0.25, 0.3) is 5.91 Å². The Kier molecular flexibility index (Phi) is 9.40. The fourth-order valence-electron chi connectivity index (χ4n) is 4.49. The Bertz CT molecular complexity index is 1000. The highest BCUT2D eigenvalue weighted by Gasteiger charge is 2.26. The molecule has 2 aromatic rings. The lowest BCUT2D eigenvalue weighted by Crippen LogP contribution is -2.50. The van der Waals surface area contributed by atoms with Gasteiger partial charge in [-0.2, -0.15) is 4.98 Å². The molecule has 1 aromatic carbocycles. The summed E-state index contributed by atoms with van der Waals surface area (Å²) in [5, 5.41) is 17.6. The van der Waals surface area contributed by atoms with Crippen molar-refractivity contribution in [2.75, 3.05) is 19.6 Å². The lowest BCUT2D eigenvalue weighted by molar-refractivity contribution is -0.121. The smallest absolute Gasteiger partial charge is 0.265 e. The van der Waals surface area contributed by atoms with E-state index >= 15 is 0 Å². The van der Waals surface area contributed by atoms with E-state index in [1.54, 1.807) is 6.07 Å². The SMILES string of the molecule is CCC(C)NC1CCC(c2noc(CCC(=O)NCCCNC3NNC(=O)c4ccccc43)n2)CN1. The molecule has 196 valence electrons. The summed E-state index contributed by atoms with van der Waals surface area (Å²) in [5.41, 5.74) is 7.21. The van der Waals surface area contributed by atoms with Gasteiger partial charge in [-0.15, -0.1) is 0 Å². The number of fused-ring (bicyclic) bond motifs is 1. The van der Waals surface area contributed by atoms with E-state index < -0.39 is 0 Å². The Balaban J connectivity index is 1.10. The second-order valence-electron chi connectivity index (χ2n) is 9.53. The first-order valence-corrected chi connectivity index (χ1v) is 13.0. The molecule has 2 aliphatic heterocycles. The van der Waals surface area contributed by atoms with Gasteiger partial charge in [0.15, 0.2) is 5.82 Å². The number of piperidine rings is 1. The van der Waals surface area contributed by atoms with Gasteiger partial charge < -0.3 is 15.2 Å². The zero-order valence-corrected chi connectivity index (χ0v) is 21.1. The molecule has 2 amide bonds. The minimum atomic E-state index is -0.164. The molecule has 1 fully saturated rings. The first-order valence-electron chi connectivity index (χ1n) is 13.0. The van der Waals surface area contributed by atoms with E-state index in [2.05, 4.69) is 56.1 Å². The largest absolute Gasteiger partial charge is 0.356 e. The molecular formula is C25H38N8O3. The molecule has 3 heterocycles. The van der Waals surface area contributed by atoms with E-state index in [1.807, 2.05) is 18.2 Å². The monoisotopic (exact) mass is 498 g/mol. The van der Waals surface area contributed by atoms with Crippen LogP contribution in [0.1, 0.15) is 85.7 Å². The molecule has 0 aliphatic carbocycles. The third kappa shape index (κ3) is 7.10. The van der Waals surface area contributed by atoms with Gasteiger partial charge in [0.1, 0.15) is 6.17 Å². The molecule has 4 rings (SSSR count). The van der Waals surface area contributed by atoms with Crippen molar-refractivity contribution in [1.29, 1.82) is 0 Å². The molecule has 0 bridgehead atoms. The van der Waals surface area contributed by atoms with Crippen molar-refractivity contribution >= 4 is 11.8 Å². The lowest BCUT2D eigenvalue weighted by atomic mass is 9.97. The number of aryl methyl sites for hydroxylation is 1. The molecule has 0 radical (unpaired) electrons. The van der Waals surface area contributed by atoms with Crippen LogP contribution in [-0.4, -0.2) is 53.8 Å². The Morgan fingerprint density at radius 2 is 2.11 bits per heavy atom. The second kappa shape index (κ2) is 12.9. The topological polar surface area (TPSA) is 145 Å². The number of benzene rings is 1. The second-order valence-corrected chi connectivity index (χ2v) is 9.53. The van der Waals surface area contributed by atoms with Crippen molar-refractivity contribution in [3.05, 3.63) is 47.1 Å². The van der Waals surface area contributed by atoms with Crippen LogP contribution in [0.4, 0.5) is 0 Å². The lowest BCUT2D eigenvalue weighted by Gasteiger charge is -2.31. The third-order valence-corrected chi connectivity index (χ3v) is 6.80. The summed E-state index contributed by atoms with van der Waals surface area (Å²) in [6.07, 6.45) is 4.79. The van der Waals surface area contributed by atoms with Crippen molar-refractivity contribution < 1.29 is 14.1 Å². The first-order chi connectivity index (χ1) is 17.5. The minimum Gasteiger partial charge on any atom is -0.356 e. The van der Waals surface area contributed by atoms with E-state index in [9.17, 15) is 9.59 Å². The molecule has 11 heteroatoms. The zero-order chi connectivity index (χ0) is 25.3. The third-order valence-electron chi connectivity index (χ3n) is 6.80. The number of carbonyl (C=O) groups excluding carboxylic acids is 2. The molecule has 36 heavy (non-hydrogen) atoms. The highest BCUT2D eigenvalue weighted by atomic mass is 16.5. The summed E-state index contributed by atoms with van der Waals surface area (Å²) in [5.74, 6) is 1.28. The van der Waals surface area contributed by atoms with Gasteiger partial charge in [-0.1, -0.05) is 30.3 Å². The predicted molar refractivity (Wildman–Crippen MR) is 135 cm³/mol. The quantitative estimate of drug-likeness (QED) is 0.238. The molecule has 4 unspecified atom stereocenters. The molecule has 6 N–H and O–H groups in total. The van der Waals surface area contributed by atoms with E-state index in [1.165, 1.54) is 0 Å². The standard InChI is InChI=1S/C25H38N8O3/c1-3-16(2)29-20-10-9-17(15-28-20)23-30-22(36-33-23)12-11-21(34)26-13-6-14-27-24-18-7-4-5-8-19(18)25(35)32-31-24/h4-5,7-8,16-17,20,24,27-29,31H,3,6,9-15H2,1-2H3,(H,26,34)(H,32,35). The maximum atomic E-state index is 12.2. The van der Waals surface area contributed by atoms with Crippen LogP contribution in [0.15, 0.2) is 28.8 Å². The van der Waals surface area contributed by atoms with E-state index in [4.69, 9.17) is 4.52 Å². The molecule has 11 nitrogen and oxygen atoms in total. The number of aromatic nitrogens is 2. The van der Waals surface area contributed by atoms with Crippen molar-refractivity contribution in [3.63, 3.8) is 0 Å². The first kappa shape index (κ1) is 26.2. The van der Waals surface area contributed by atoms with Crippen molar-refractivity contribution in [3.8, 4) is 0 Å². The van der Waals surface area contributed by atoms with Crippen LogP contribution < -0.4 is 32.1 Å². The van der Waals surface area contributed by atoms with E-state index in [0.717, 1.165) is 43.6 Å². The average molecular weight is 499 g/mol.